The van der Waals surface area contributed by atoms with Crippen LogP contribution < -0.4 is 19.5 Å². The number of hydrogen-bond donors (Lipinski definition) is 2. The van der Waals surface area contributed by atoms with Gasteiger partial charge in [-0.25, -0.2) is 13.1 Å². The summed E-state index contributed by atoms with van der Waals surface area (Å²) in [6.07, 6.45) is 2.11. The molecule has 0 bridgehead atoms. The molecule has 1 amide bonds. The summed E-state index contributed by atoms with van der Waals surface area (Å²) in [4.78, 5) is 12.9. The predicted octanol–water partition coefficient (Wildman–Crippen LogP) is 2.25. The van der Waals surface area contributed by atoms with Crippen LogP contribution in [0.5, 0.6) is 11.5 Å². The number of rotatable bonds is 6. The third-order valence-electron chi connectivity index (χ3n) is 5.00. The minimum Gasteiger partial charge on any atom is -0.486 e. The molecular formula is C20H22N2O5S. The summed E-state index contributed by atoms with van der Waals surface area (Å²) in [5, 5.41) is 3.09. The maximum atomic E-state index is 12.7. The largest absolute Gasteiger partial charge is 0.486 e. The first kappa shape index (κ1) is 18.8. The maximum absolute atomic E-state index is 12.7. The Hall–Kier alpha value is -2.58. The Morgan fingerprint density at radius 3 is 2.36 bits per heavy atom. The van der Waals surface area contributed by atoms with Crippen molar-refractivity contribution in [3.05, 3.63) is 53.6 Å². The van der Waals surface area contributed by atoms with E-state index in [0.29, 0.717) is 30.4 Å². The van der Waals surface area contributed by atoms with E-state index in [1.165, 1.54) is 31.3 Å². The molecule has 1 atom stereocenters. The van der Waals surface area contributed by atoms with Gasteiger partial charge in [-0.05, 0) is 67.8 Å². The molecule has 0 radical (unpaired) electrons. The van der Waals surface area contributed by atoms with Gasteiger partial charge < -0.3 is 14.8 Å². The number of ether oxygens (including phenoxy) is 2. The molecule has 1 fully saturated rings. The second kappa shape index (κ2) is 7.44. The van der Waals surface area contributed by atoms with E-state index < -0.39 is 10.0 Å². The topological polar surface area (TPSA) is 93.7 Å². The molecule has 7 nitrogen and oxygen atoms in total. The molecule has 8 heteroatoms. The van der Waals surface area contributed by atoms with E-state index in [1.54, 1.807) is 0 Å². The Labute approximate surface area is 164 Å². The number of fused-ring (bicyclic) bond motifs is 1. The summed E-state index contributed by atoms with van der Waals surface area (Å²) >= 11 is 0. The Bertz CT molecular complexity index is 984. The van der Waals surface area contributed by atoms with Crippen molar-refractivity contribution in [2.24, 2.45) is 5.92 Å². The zero-order valence-corrected chi connectivity index (χ0v) is 16.3. The maximum Gasteiger partial charge on any atom is 0.251 e. The van der Waals surface area contributed by atoms with Crippen LogP contribution in [0.1, 0.15) is 34.8 Å². The predicted molar refractivity (Wildman–Crippen MR) is 103 cm³/mol. The molecule has 28 heavy (non-hydrogen) atoms. The number of carbonyl (C=O) groups excluding carboxylic acids is 1. The van der Waals surface area contributed by atoms with Crippen molar-refractivity contribution in [2.45, 2.75) is 23.8 Å². The van der Waals surface area contributed by atoms with Crippen molar-refractivity contribution < 1.29 is 22.7 Å². The average molecular weight is 402 g/mol. The van der Waals surface area contributed by atoms with Gasteiger partial charge in [-0.3, -0.25) is 4.79 Å². The zero-order chi connectivity index (χ0) is 19.7. The molecule has 1 aliphatic heterocycles. The van der Waals surface area contributed by atoms with E-state index in [9.17, 15) is 13.2 Å². The molecule has 2 aliphatic rings. The van der Waals surface area contributed by atoms with Crippen LogP contribution in [0.3, 0.4) is 0 Å². The average Bonchev–Trinajstić information content (AvgIpc) is 3.56. The molecular weight excluding hydrogens is 380 g/mol. The SMILES string of the molecule is CNS(=O)(=O)c1ccc(C(=O)NC(c2ccc3c(c2)OCCO3)C2CC2)cc1. The molecule has 2 aromatic carbocycles. The molecule has 0 aromatic heterocycles. The van der Waals surface area contributed by atoms with Gasteiger partial charge in [-0.2, -0.15) is 0 Å². The van der Waals surface area contributed by atoms with Crippen molar-refractivity contribution in [3.8, 4) is 11.5 Å². The van der Waals surface area contributed by atoms with E-state index >= 15 is 0 Å². The van der Waals surface area contributed by atoms with Crippen LogP contribution in [-0.2, 0) is 10.0 Å². The molecule has 4 rings (SSSR count). The summed E-state index contributed by atoms with van der Waals surface area (Å²) in [5.41, 5.74) is 1.40. The molecule has 2 aromatic rings. The Morgan fingerprint density at radius 1 is 1.04 bits per heavy atom. The van der Waals surface area contributed by atoms with Crippen molar-refractivity contribution in [2.75, 3.05) is 20.3 Å². The highest BCUT2D eigenvalue weighted by Crippen LogP contribution is 2.43. The van der Waals surface area contributed by atoms with Gasteiger partial charge in [0.05, 0.1) is 10.9 Å². The van der Waals surface area contributed by atoms with E-state index in [0.717, 1.165) is 24.2 Å². The lowest BCUT2D eigenvalue weighted by Crippen LogP contribution is -2.30. The van der Waals surface area contributed by atoms with Crippen LogP contribution in [0.25, 0.3) is 0 Å². The number of carbonyl (C=O) groups is 1. The number of benzene rings is 2. The quantitative estimate of drug-likeness (QED) is 0.773. The van der Waals surface area contributed by atoms with E-state index in [4.69, 9.17) is 9.47 Å². The standard InChI is InChI=1S/C20H22N2O5S/c1-21-28(24,25)16-7-4-14(5-8-16)20(23)22-19(13-2-3-13)15-6-9-17-18(12-15)27-11-10-26-17/h4-9,12-13,19,21H,2-3,10-11H2,1H3,(H,22,23). The van der Waals surface area contributed by atoms with Crippen molar-refractivity contribution in [1.82, 2.24) is 10.0 Å². The molecule has 1 unspecified atom stereocenters. The van der Waals surface area contributed by atoms with E-state index in [-0.39, 0.29) is 16.8 Å². The fourth-order valence-corrected chi connectivity index (χ4v) is 4.01. The van der Waals surface area contributed by atoms with E-state index in [1.807, 2.05) is 18.2 Å². The van der Waals surface area contributed by atoms with Crippen LogP contribution in [-0.4, -0.2) is 34.6 Å². The van der Waals surface area contributed by atoms with Crippen molar-refractivity contribution >= 4 is 15.9 Å². The molecule has 2 N–H and O–H groups in total. The highest BCUT2D eigenvalue weighted by Gasteiger charge is 2.34. The fraction of sp³-hybridized carbons (Fsp3) is 0.350. The minimum absolute atomic E-state index is 0.121. The number of amides is 1. The molecule has 148 valence electrons. The molecule has 0 spiro atoms. The van der Waals surface area contributed by atoms with Gasteiger partial charge >= 0.3 is 0 Å². The van der Waals surface area contributed by atoms with E-state index in [2.05, 4.69) is 10.0 Å². The Morgan fingerprint density at radius 2 is 1.71 bits per heavy atom. The van der Waals surface area contributed by atoms with Crippen LogP contribution in [0.15, 0.2) is 47.4 Å². The number of hydrogen-bond acceptors (Lipinski definition) is 5. The monoisotopic (exact) mass is 402 g/mol. The lowest BCUT2D eigenvalue weighted by molar-refractivity contribution is 0.0931. The van der Waals surface area contributed by atoms with Crippen LogP contribution in [0.2, 0.25) is 0 Å². The second-order valence-corrected chi connectivity index (χ2v) is 8.81. The minimum atomic E-state index is -3.53. The first-order valence-electron chi connectivity index (χ1n) is 9.22. The van der Waals surface area contributed by atoms with Gasteiger partial charge in [-0.1, -0.05) is 6.07 Å². The highest BCUT2D eigenvalue weighted by atomic mass is 32.2. The van der Waals surface area contributed by atoms with Gasteiger partial charge in [0.15, 0.2) is 11.5 Å². The van der Waals surface area contributed by atoms with Gasteiger partial charge in [0.2, 0.25) is 10.0 Å². The summed E-state index contributed by atoms with van der Waals surface area (Å²) in [7, 11) is -2.18. The first-order valence-corrected chi connectivity index (χ1v) is 10.7. The first-order chi connectivity index (χ1) is 13.5. The third-order valence-corrected chi connectivity index (χ3v) is 6.43. The van der Waals surface area contributed by atoms with Crippen LogP contribution in [0, 0.1) is 5.92 Å². The van der Waals surface area contributed by atoms with Crippen LogP contribution >= 0.6 is 0 Å². The third kappa shape index (κ3) is 3.83. The molecule has 1 aliphatic carbocycles. The summed E-state index contributed by atoms with van der Waals surface area (Å²) in [6.45, 7) is 1.05. The smallest absolute Gasteiger partial charge is 0.251 e. The van der Waals surface area contributed by atoms with Gasteiger partial charge in [-0.15, -0.1) is 0 Å². The highest BCUT2D eigenvalue weighted by molar-refractivity contribution is 7.89. The second-order valence-electron chi connectivity index (χ2n) is 6.92. The normalized spacial score (nSPS) is 17.0. The van der Waals surface area contributed by atoms with Gasteiger partial charge in [0.25, 0.3) is 5.91 Å². The summed E-state index contributed by atoms with van der Waals surface area (Å²) in [5.74, 6) is 1.57. The molecule has 1 saturated carbocycles. The fourth-order valence-electron chi connectivity index (χ4n) is 3.28. The summed E-state index contributed by atoms with van der Waals surface area (Å²) < 4.78 is 37.1. The van der Waals surface area contributed by atoms with Crippen molar-refractivity contribution in [1.29, 1.82) is 0 Å². The summed E-state index contributed by atoms with van der Waals surface area (Å²) in [6, 6.07) is 11.5. The van der Waals surface area contributed by atoms with Gasteiger partial charge in [0.1, 0.15) is 13.2 Å². The zero-order valence-electron chi connectivity index (χ0n) is 15.5. The lowest BCUT2D eigenvalue weighted by atomic mass is 10.0. The molecule has 0 saturated heterocycles. The Kier molecular flexibility index (Phi) is 4.99. The number of sulfonamides is 1. The Balaban J connectivity index is 1.53. The lowest BCUT2D eigenvalue weighted by Gasteiger charge is -2.23. The number of nitrogens with one attached hydrogen (secondary N) is 2. The van der Waals surface area contributed by atoms with Gasteiger partial charge in [0, 0.05) is 5.56 Å². The molecule has 1 heterocycles. The van der Waals surface area contributed by atoms with Crippen molar-refractivity contribution in [3.63, 3.8) is 0 Å². The van der Waals surface area contributed by atoms with Crippen LogP contribution in [0.4, 0.5) is 0 Å².